The monoisotopic (exact) mass is 307 g/mol. The van der Waals surface area contributed by atoms with Gasteiger partial charge in [0.2, 0.25) is 0 Å². The number of carbonyl (C=O) groups is 1. The average molecular weight is 307 g/mol. The van der Waals surface area contributed by atoms with Crippen LogP contribution in [0.4, 0.5) is 0 Å². The van der Waals surface area contributed by atoms with Crippen molar-refractivity contribution in [3.05, 3.63) is 71.8 Å². The number of ketones is 1. The summed E-state index contributed by atoms with van der Waals surface area (Å²) in [4.78, 5) is 15.7. The van der Waals surface area contributed by atoms with Crippen molar-refractivity contribution < 1.29 is 4.79 Å². The van der Waals surface area contributed by atoms with E-state index < -0.39 is 5.41 Å². The van der Waals surface area contributed by atoms with Gasteiger partial charge in [-0.2, -0.15) is 0 Å². The molecule has 0 saturated carbocycles. The van der Waals surface area contributed by atoms with E-state index in [1.165, 1.54) is 0 Å². The van der Waals surface area contributed by atoms with Gasteiger partial charge in [-0.25, -0.2) is 0 Å². The molecule has 2 nitrogen and oxygen atoms in total. The van der Waals surface area contributed by atoms with Crippen molar-refractivity contribution in [1.82, 2.24) is 4.90 Å². The highest BCUT2D eigenvalue weighted by Gasteiger charge is 2.48. The van der Waals surface area contributed by atoms with E-state index in [2.05, 4.69) is 60.5 Å². The maximum atomic E-state index is 13.3. The lowest BCUT2D eigenvalue weighted by Crippen LogP contribution is -2.45. The Balaban J connectivity index is 2.23. The van der Waals surface area contributed by atoms with Crippen LogP contribution in [0.3, 0.4) is 0 Å². The van der Waals surface area contributed by atoms with E-state index >= 15 is 0 Å². The fraction of sp³-hybridized carbons (Fsp3) is 0.381. The number of rotatable bonds is 5. The highest BCUT2D eigenvalue weighted by Crippen LogP contribution is 2.44. The third-order valence-electron chi connectivity index (χ3n) is 5.22. The quantitative estimate of drug-likeness (QED) is 0.835. The smallest absolute Gasteiger partial charge is 0.147 e. The Kier molecular flexibility index (Phi) is 4.63. The molecule has 0 bridgehead atoms. The van der Waals surface area contributed by atoms with Gasteiger partial charge in [-0.15, -0.1) is 0 Å². The van der Waals surface area contributed by atoms with Gasteiger partial charge >= 0.3 is 0 Å². The van der Waals surface area contributed by atoms with Crippen LogP contribution in [-0.4, -0.2) is 30.8 Å². The van der Waals surface area contributed by atoms with Gasteiger partial charge in [-0.3, -0.25) is 4.79 Å². The Hall–Kier alpha value is -1.93. The van der Waals surface area contributed by atoms with E-state index in [1.807, 2.05) is 19.1 Å². The zero-order valence-electron chi connectivity index (χ0n) is 14.0. The van der Waals surface area contributed by atoms with Crippen LogP contribution in [0.2, 0.25) is 0 Å². The van der Waals surface area contributed by atoms with Crippen LogP contribution < -0.4 is 0 Å². The maximum Gasteiger partial charge on any atom is 0.147 e. The molecule has 0 N–H and O–H groups in total. The highest BCUT2D eigenvalue weighted by molar-refractivity contribution is 5.94. The molecule has 0 amide bonds. The number of hydrogen-bond donors (Lipinski definition) is 0. The minimum absolute atomic E-state index is 0.324. The van der Waals surface area contributed by atoms with E-state index in [-0.39, 0.29) is 0 Å². The van der Waals surface area contributed by atoms with Crippen LogP contribution in [0.1, 0.15) is 30.9 Å². The van der Waals surface area contributed by atoms with Gasteiger partial charge in [0.1, 0.15) is 5.78 Å². The topological polar surface area (TPSA) is 20.3 Å². The molecule has 1 saturated heterocycles. The van der Waals surface area contributed by atoms with Crippen LogP contribution in [0.5, 0.6) is 0 Å². The number of hydrogen-bond acceptors (Lipinski definition) is 2. The molecule has 0 spiro atoms. The highest BCUT2D eigenvalue weighted by atomic mass is 16.1. The lowest BCUT2D eigenvalue weighted by atomic mass is 9.62. The minimum Gasteiger partial charge on any atom is -0.306 e. The molecule has 0 radical (unpaired) electrons. The second-order valence-electron chi connectivity index (χ2n) is 6.56. The first-order chi connectivity index (χ1) is 11.2. The summed E-state index contributed by atoms with van der Waals surface area (Å²) in [5.41, 5.74) is 1.75. The molecule has 1 atom stereocenters. The summed E-state index contributed by atoms with van der Waals surface area (Å²) in [7, 11) is 2.15. The molecule has 0 aliphatic carbocycles. The molecule has 3 rings (SSSR count). The first-order valence-corrected chi connectivity index (χ1v) is 8.52. The van der Waals surface area contributed by atoms with E-state index in [0.717, 1.165) is 30.6 Å². The van der Waals surface area contributed by atoms with Gasteiger partial charge in [0.25, 0.3) is 0 Å². The Morgan fingerprint density at radius 2 is 1.57 bits per heavy atom. The third-order valence-corrected chi connectivity index (χ3v) is 5.22. The van der Waals surface area contributed by atoms with E-state index in [1.54, 1.807) is 0 Å². The largest absolute Gasteiger partial charge is 0.306 e. The fourth-order valence-corrected chi connectivity index (χ4v) is 4.16. The Bertz CT molecular complexity index is 611. The molecular formula is C21H25NO. The van der Waals surface area contributed by atoms with Crippen molar-refractivity contribution >= 4 is 5.78 Å². The number of Topliss-reactive ketones (excluding diaryl/α,β-unsaturated/α-hetero) is 1. The number of carbonyl (C=O) groups excluding carboxylic acids is 1. The van der Waals surface area contributed by atoms with E-state index in [0.29, 0.717) is 18.1 Å². The SMILES string of the molecule is CCC(=O)C(c1ccccc1)(c1ccccc1)C1CCN(C)C1. The molecule has 2 aromatic rings. The van der Waals surface area contributed by atoms with Gasteiger partial charge in [0, 0.05) is 13.0 Å². The summed E-state index contributed by atoms with van der Waals surface area (Å²) in [6, 6.07) is 20.7. The molecule has 1 unspecified atom stereocenters. The summed E-state index contributed by atoms with van der Waals surface area (Å²) >= 11 is 0. The number of likely N-dealkylation sites (tertiary alicyclic amines) is 1. The zero-order valence-corrected chi connectivity index (χ0v) is 14.0. The van der Waals surface area contributed by atoms with Crippen molar-refractivity contribution in [1.29, 1.82) is 0 Å². The van der Waals surface area contributed by atoms with Crippen LogP contribution in [-0.2, 0) is 10.2 Å². The predicted octanol–water partition coefficient (Wildman–Crippen LogP) is 3.90. The molecule has 1 heterocycles. The maximum absolute atomic E-state index is 13.3. The van der Waals surface area contributed by atoms with Gasteiger partial charge in [-0.1, -0.05) is 67.6 Å². The second kappa shape index (κ2) is 6.67. The van der Waals surface area contributed by atoms with Gasteiger partial charge < -0.3 is 4.90 Å². The fourth-order valence-electron chi connectivity index (χ4n) is 4.16. The molecule has 1 fully saturated rings. The molecule has 120 valence electrons. The van der Waals surface area contributed by atoms with Gasteiger partial charge in [-0.05, 0) is 37.1 Å². The molecule has 0 aromatic heterocycles. The van der Waals surface area contributed by atoms with Crippen molar-refractivity contribution in [2.45, 2.75) is 25.2 Å². The summed E-state index contributed by atoms with van der Waals surface area (Å²) in [5, 5.41) is 0. The summed E-state index contributed by atoms with van der Waals surface area (Å²) < 4.78 is 0. The van der Waals surface area contributed by atoms with Crippen LogP contribution in [0, 0.1) is 5.92 Å². The van der Waals surface area contributed by atoms with Crippen molar-refractivity contribution in [3.63, 3.8) is 0 Å². The van der Waals surface area contributed by atoms with Gasteiger partial charge in [0.15, 0.2) is 0 Å². The molecule has 1 aliphatic heterocycles. The van der Waals surface area contributed by atoms with Crippen molar-refractivity contribution in [3.8, 4) is 0 Å². The summed E-state index contributed by atoms with van der Waals surface area (Å²) in [6.07, 6.45) is 1.62. The van der Waals surface area contributed by atoms with Crippen LogP contribution >= 0.6 is 0 Å². The normalized spacial score (nSPS) is 19.0. The van der Waals surface area contributed by atoms with Crippen molar-refractivity contribution in [2.24, 2.45) is 5.92 Å². The van der Waals surface area contributed by atoms with E-state index in [9.17, 15) is 4.79 Å². The number of nitrogens with zero attached hydrogens (tertiary/aromatic N) is 1. The van der Waals surface area contributed by atoms with Gasteiger partial charge in [0.05, 0.1) is 5.41 Å². The van der Waals surface area contributed by atoms with E-state index in [4.69, 9.17) is 0 Å². The van der Waals surface area contributed by atoms with Crippen LogP contribution in [0.15, 0.2) is 60.7 Å². The average Bonchev–Trinajstić information content (AvgIpc) is 3.04. The standard InChI is InChI=1S/C21H25NO/c1-3-20(23)21(17-10-6-4-7-11-17,18-12-8-5-9-13-18)19-14-15-22(2)16-19/h4-13,19H,3,14-16H2,1-2H3. The molecule has 23 heavy (non-hydrogen) atoms. The second-order valence-corrected chi connectivity index (χ2v) is 6.56. The zero-order chi connectivity index (χ0) is 16.3. The van der Waals surface area contributed by atoms with Crippen molar-refractivity contribution in [2.75, 3.05) is 20.1 Å². The van der Waals surface area contributed by atoms with Crippen LogP contribution in [0.25, 0.3) is 0 Å². The Morgan fingerprint density at radius 3 is 1.96 bits per heavy atom. The Morgan fingerprint density at radius 1 is 1.04 bits per heavy atom. The first kappa shape index (κ1) is 15.9. The summed E-state index contributed by atoms with van der Waals surface area (Å²) in [6.45, 7) is 4.01. The minimum atomic E-state index is -0.526. The third kappa shape index (κ3) is 2.72. The first-order valence-electron chi connectivity index (χ1n) is 8.52. The number of benzene rings is 2. The molecule has 1 aliphatic rings. The predicted molar refractivity (Wildman–Crippen MR) is 94.6 cm³/mol. The lowest BCUT2D eigenvalue weighted by Gasteiger charge is -2.39. The Labute approximate surface area is 139 Å². The molecular weight excluding hydrogens is 282 g/mol. The molecule has 2 aromatic carbocycles. The summed E-state index contributed by atoms with van der Waals surface area (Å²) in [5.74, 6) is 0.653. The lowest BCUT2D eigenvalue weighted by molar-refractivity contribution is -0.124. The molecule has 2 heteroatoms.